The molecule has 82 heavy (non-hydrogen) atoms. The minimum atomic E-state index is -0.772. The van der Waals surface area contributed by atoms with Gasteiger partial charge in [-0.05, 0) is 89.9 Å². The summed E-state index contributed by atoms with van der Waals surface area (Å²) >= 11 is 0. The highest BCUT2D eigenvalue weighted by Gasteiger charge is 2.19. The van der Waals surface area contributed by atoms with Crippen LogP contribution in [0.15, 0.2) is 72.9 Å². The molecular weight excluding hydrogens is 1010 g/mol. The zero-order valence-corrected chi connectivity index (χ0v) is 54.8. The maximum absolute atomic E-state index is 12.9. The van der Waals surface area contributed by atoms with Crippen LogP contribution in [-0.2, 0) is 28.6 Å². The summed E-state index contributed by atoms with van der Waals surface area (Å²) in [6.45, 7) is 6.51. The Labute approximate surface area is 510 Å². The highest BCUT2D eigenvalue weighted by Crippen LogP contribution is 2.18. The van der Waals surface area contributed by atoms with E-state index in [0.717, 1.165) is 89.9 Å². The molecule has 6 nitrogen and oxygen atoms in total. The molecule has 0 amide bonds. The first kappa shape index (κ1) is 78.8. The molecule has 6 heteroatoms. The molecule has 0 rings (SSSR count). The van der Waals surface area contributed by atoms with E-state index in [1.807, 2.05) is 0 Å². The molecule has 0 N–H and O–H groups in total. The molecule has 0 aliphatic heterocycles. The van der Waals surface area contributed by atoms with Crippen LogP contribution in [0.5, 0.6) is 0 Å². The van der Waals surface area contributed by atoms with Crippen LogP contribution < -0.4 is 0 Å². The average Bonchev–Trinajstić information content (AvgIpc) is 3.47. The summed E-state index contributed by atoms with van der Waals surface area (Å²) in [6, 6.07) is 0. The Morgan fingerprint density at radius 1 is 0.256 bits per heavy atom. The van der Waals surface area contributed by atoms with Crippen molar-refractivity contribution in [2.24, 2.45) is 0 Å². The number of unbranched alkanes of at least 4 members (excludes halogenated alkanes) is 43. The predicted octanol–water partition coefficient (Wildman–Crippen LogP) is 24.8. The van der Waals surface area contributed by atoms with Gasteiger partial charge >= 0.3 is 17.9 Å². The predicted molar refractivity (Wildman–Crippen MR) is 358 cm³/mol. The number of carbonyl (C=O) groups excluding carboxylic acids is 3. The van der Waals surface area contributed by atoms with Crippen LogP contribution in [-0.4, -0.2) is 37.2 Å². The summed E-state index contributed by atoms with van der Waals surface area (Å²) in [6.07, 6.45) is 92.7. The summed E-state index contributed by atoms with van der Waals surface area (Å²) in [5.41, 5.74) is 0. The number of rotatable bonds is 66. The molecule has 0 aromatic rings. The Morgan fingerprint density at radius 2 is 0.476 bits per heavy atom. The van der Waals surface area contributed by atoms with E-state index in [9.17, 15) is 14.4 Å². The van der Waals surface area contributed by atoms with Crippen molar-refractivity contribution in [3.8, 4) is 0 Å². The molecule has 0 saturated heterocycles. The van der Waals surface area contributed by atoms with Gasteiger partial charge in [0.1, 0.15) is 13.2 Å². The molecule has 0 aromatic heterocycles. The molecule has 0 fully saturated rings. The molecule has 0 aliphatic rings. The lowest BCUT2D eigenvalue weighted by molar-refractivity contribution is -0.167. The van der Waals surface area contributed by atoms with Gasteiger partial charge in [-0.15, -0.1) is 0 Å². The maximum Gasteiger partial charge on any atom is 0.306 e. The monoisotopic (exact) mass is 1150 g/mol. The molecule has 0 spiro atoms. The van der Waals surface area contributed by atoms with Crippen molar-refractivity contribution in [2.45, 2.75) is 380 Å². The summed E-state index contributed by atoms with van der Waals surface area (Å²) < 4.78 is 16.9. The molecule has 0 saturated carbocycles. The maximum atomic E-state index is 12.9. The van der Waals surface area contributed by atoms with E-state index in [4.69, 9.17) is 14.2 Å². The van der Waals surface area contributed by atoms with Crippen molar-refractivity contribution < 1.29 is 28.6 Å². The van der Waals surface area contributed by atoms with Crippen LogP contribution in [0.3, 0.4) is 0 Å². The second kappa shape index (κ2) is 70.3. The number of allylic oxidation sites excluding steroid dienone is 12. The highest BCUT2D eigenvalue weighted by molar-refractivity contribution is 5.71. The minimum Gasteiger partial charge on any atom is -0.462 e. The molecule has 0 heterocycles. The van der Waals surface area contributed by atoms with Crippen molar-refractivity contribution in [3.63, 3.8) is 0 Å². The van der Waals surface area contributed by atoms with Crippen LogP contribution >= 0.6 is 0 Å². The van der Waals surface area contributed by atoms with Crippen molar-refractivity contribution >= 4 is 17.9 Å². The van der Waals surface area contributed by atoms with Crippen molar-refractivity contribution in [2.75, 3.05) is 13.2 Å². The van der Waals surface area contributed by atoms with Crippen molar-refractivity contribution in [1.82, 2.24) is 0 Å². The van der Waals surface area contributed by atoms with E-state index < -0.39 is 6.10 Å². The zero-order valence-electron chi connectivity index (χ0n) is 54.8. The number of esters is 3. The lowest BCUT2D eigenvalue weighted by Gasteiger charge is -2.18. The Balaban J connectivity index is 3.96. The number of hydrogen-bond acceptors (Lipinski definition) is 6. The van der Waals surface area contributed by atoms with Gasteiger partial charge < -0.3 is 14.2 Å². The Bertz CT molecular complexity index is 1500. The van der Waals surface area contributed by atoms with Crippen LogP contribution in [0, 0.1) is 0 Å². The van der Waals surface area contributed by atoms with Crippen LogP contribution in [0.25, 0.3) is 0 Å². The average molecular weight is 1150 g/mol. The summed E-state index contributed by atoms with van der Waals surface area (Å²) in [7, 11) is 0. The molecule has 0 aromatic carbocycles. The van der Waals surface area contributed by atoms with Gasteiger partial charge in [-0.25, -0.2) is 0 Å². The van der Waals surface area contributed by atoms with E-state index in [2.05, 4.69) is 93.7 Å². The molecule has 0 bridgehead atoms. The van der Waals surface area contributed by atoms with Gasteiger partial charge in [0.05, 0.1) is 0 Å². The first-order valence-electron chi connectivity index (χ1n) is 35.9. The van der Waals surface area contributed by atoms with Crippen LogP contribution in [0.4, 0.5) is 0 Å². The first-order valence-corrected chi connectivity index (χ1v) is 35.9. The highest BCUT2D eigenvalue weighted by atomic mass is 16.6. The molecule has 1 unspecified atom stereocenters. The minimum absolute atomic E-state index is 0.0713. The quantitative estimate of drug-likeness (QED) is 0.0261. The first-order chi connectivity index (χ1) is 40.5. The smallest absolute Gasteiger partial charge is 0.306 e. The zero-order chi connectivity index (χ0) is 59.2. The Kier molecular flexibility index (Phi) is 67.6. The van der Waals surface area contributed by atoms with E-state index >= 15 is 0 Å². The fourth-order valence-corrected chi connectivity index (χ4v) is 10.6. The van der Waals surface area contributed by atoms with E-state index in [0.29, 0.717) is 19.3 Å². The summed E-state index contributed by atoms with van der Waals surface area (Å²) in [5, 5.41) is 0. The van der Waals surface area contributed by atoms with E-state index in [1.165, 1.54) is 244 Å². The molecule has 0 aliphatic carbocycles. The second-order valence-corrected chi connectivity index (χ2v) is 24.1. The third kappa shape index (κ3) is 67.6. The normalized spacial score (nSPS) is 12.5. The lowest BCUT2D eigenvalue weighted by atomic mass is 10.0. The van der Waals surface area contributed by atoms with Gasteiger partial charge in [-0.2, -0.15) is 0 Å². The van der Waals surface area contributed by atoms with Crippen molar-refractivity contribution in [3.05, 3.63) is 72.9 Å². The van der Waals surface area contributed by atoms with Crippen LogP contribution in [0.1, 0.15) is 374 Å². The topological polar surface area (TPSA) is 78.9 Å². The fourth-order valence-electron chi connectivity index (χ4n) is 10.6. The van der Waals surface area contributed by atoms with Gasteiger partial charge in [0.25, 0.3) is 0 Å². The van der Waals surface area contributed by atoms with E-state index in [1.54, 1.807) is 0 Å². The van der Waals surface area contributed by atoms with Gasteiger partial charge in [0.2, 0.25) is 0 Å². The number of carbonyl (C=O) groups is 3. The fraction of sp³-hybridized carbons (Fsp3) is 0.803. The molecular formula is C76H136O6. The lowest BCUT2D eigenvalue weighted by Crippen LogP contribution is -2.30. The van der Waals surface area contributed by atoms with Crippen molar-refractivity contribution in [1.29, 1.82) is 0 Å². The largest absolute Gasteiger partial charge is 0.462 e. The Hall–Kier alpha value is -3.15. The Morgan fingerprint density at radius 3 is 0.744 bits per heavy atom. The van der Waals surface area contributed by atoms with Gasteiger partial charge in [-0.3, -0.25) is 14.4 Å². The third-order valence-corrected chi connectivity index (χ3v) is 15.9. The summed E-state index contributed by atoms with van der Waals surface area (Å²) in [5.74, 6) is -0.864. The van der Waals surface area contributed by atoms with Crippen LogP contribution in [0.2, 0.25) is 0 Å². The van der Waals surface area contributed by atoms with Gasteiger partial charge in [0.15, 0.2) is 6.10 Å². The van der Waals surface area contributed by atoms with E-state index in [-0.39, 0.29) is 31.1 Å². The second-order valence-electron chi connectivity index (χ2n) is 24.1. The summed E-state index contributed by atoms with van der Waals surface area (Å²) in [4.78, 5) is 38.1. The standard InChI is InChI=1S/C76H136O6/c1-4-7-10-13-16-18-20-22-24-26-28-30-32-34-35-36-37-38-39-40-41-43-44-46-48-50-52-54-56-58-60-63-66-69-75(78)81-72-73(71-80-74(77)68-65-62-15-12-9-6-3)82-76(79)70-67-64-61-59-57-55-53-51-49-47-45-42-33-31-29-27-25-23-21-19-17-14-11-8-5-2/h8,11,17,19-20,22-23,25-26,28-29,31,73H,4-7,9-10,12-16,18,21,24,27,30,32-72H2,1-3H3/b11-8-,19-17-,22-20-,25-23-,28-26-,31-29-. The number of ether oxygens (including phenoxy) is 3. The third-order valence-electron chi connectivity index (χ3n) is 15.9. The molecule has 1 atom stereocenters. The van der Waals surface area contributed by atoms with Gasteiger partial charge in [-0.1, -0.05) is 338 Å². The number of hydrogen-bond donors (Lipinski definition) is 0. The molecule has 0 radical (unpaired) electrons. The SMILES string of the molecule is CC/C=C\C/C=C\C/C=C\C/C=C\CCCCCCCCCCCCCCC(=O)OC(COC(=O)CCCCCCCC)COC(=O)CCCCCCCCCCCCCCCCCCCCCCC/C=C\C/C=C\CCCCCCC. The van der Waals surface area contributed by atoms with Gasteiger partial charge in [0, 0.05) is 19.3 Å². The molecule has 476 valence electrons.